The Hall–Kier alpha value is -0.370. The number of hydrogen-bond donors (Lipinski definition) is 2. The Labute approximate surface area is 129 Å². The van der Waals surface area contributed by atoms with Crippen LogP contribution in [0.5, 0.6) is 0 Å². The van der Waals surface area contributed by atoms with E-state index in [-0.39, 0.29) is 19.7 Å². The van der Waals surface area contributed by atoms with Crippen LogP contribution in [-0.4, -0.2) is 44.6 Å². The van der Waals surface area contributed by atoms with Crippen molar-refractivity contribution in [1.82, 2.24) is 9.03 Å². The third-order valence-electron chi connectivity index (χ3n) is 2.74. The van der Waals surface area contributed by atoms with E-state index in [1.807, 2.05) is 0 Å². The largest absolute Gasteiger partial charge is 0.396 e. The molecule has 5 nitrogen and oxygen atoms in total. The van der Waals surface area contributed by atoms with E-state index in [0.717, 1.165) is 5.56 Å². The van der Waals surface area contributed by atoms with Gasteiger partial charge in [-0.2, -0.15) is 12.7 Å². The van der Waals surface area contributed by atoms with Gasteiger partial charge in [-0.15, -0.1) is 0 Å². The number of nitrogens with one attached hydrogen (secondary N) is 1. The number of halogens is 2. The van der Waals surface area contributed by atoms with Crippen molar-refractivity contribution in [2.45, 2.75) is 12.8 Å². The van der Waals surface area contributed by atoms with Crippen LogP contribution in [0.2, 0.25) is 10.0 Å². The minimum atomic E-state index is -3.52. The Morgan fingerprint density at radius 2 is 2.05 bits per heavy atom. The minimum absolute atomic E-state index is 0.0414. The fourth-order valence-electron chi connectivity index (χ4n) is 1.56. The molecule has 1 aromatic rings. The van der Waals surface area contributed by atoms with Crippen molar-refractivity contribution < 1.29 is 13.5 Å². The lowest BCUT2D eigenvalue weighted by Gasteiger charge is -2.17. The predicted octanol–water partition coefficient (Wildman–Crippen LogP) is 1.68. The molecule has 0 aromatic heterocycles. The van der Waals surface area contributed by atoms with Gasteiger partial charge in [0.25, 0.3) is 10.2 Å². The number of benzene rings is 1. The highest BCUT2D eigenvalue weighted by Gasteiger charge is 2.16. The lowest BCUT2D eigenvalue weighted by atomic mass is 10.1. The van der Waals surface area contributed by atoms with E-state index < -0.39 is 10.2 Å². The van der Waals surface area contributed by atoms with Crippen molar-refractivity contribution >= 4 is 33.4 Å². The molecule has 0 aliphatic heterocycles. The molecule has 0 radical (unpaired) electrons. The Morgan fingerprint density at radius 1 is 1.35 bits per heavy atom. The first kappa shape index (κ1) is 17.7. The summed E-state index contributed by atoms with van der Waals surface area (Å²) < 4.78 is 27.3. The highest BCUT2D eigenvalue weighted by atomic mass is 35.5. The van der Waals surface area contributed by atoms with E-state index in [0.29, 0.717) is 22.9 Å². The maximum absolute atomic E-state index is 11.8. The molecule has 114 valence electrons. The molecule has 0 atom stereocenters. The molecule has 0 saturated heterocycles. The summed E-state index contributed by atoms with van der Waals surface area (Å²) in [5.74, 6) is 0. The molecular formula is C12H18Cl2N2O3S. The number of rotatable bonds is 8. The molecule has 20 heavy (non-hydrogen) atoms. The molecule has 0 bridgehead atoms. The van der Waals surface area contributed by atoms with Gasteiger partial charge in [-0.05, 0) is 30.5 Å². The second-order valence-corrected chi connectivity index (χ2v) is 6.99. The summed E-state index contributed by atoms with van der Waals surface area (Å²) in [6.45, 7) is 0.473. The van der Waals surface area contributed by atoms with Gasteiger partial charge >= 0.3 is 0 Å². The molecule has 0 heterocycles. The lowest BCUT2D eigenvalue weighted by molar-refractivity contribution is 0.275. The van der Waals surface area contributed by atoms with Crippen molar-refractivity contribution in [2.24, 2.45) is 0 Å². The normalized spacial score (nSPS) is 12.1. The van der Waals surface area contributed by atoms with Crippen LogP contribution in [0, 0.1) is 0 Å². The predicted molar refractivity (Wildman–Crippen MR) is 81.4 cm³/mol. The summed E-state index contributed by atoms with van der Waals surface area (Å²) in [7, 11) is -2.06. The Kier molecular flexibility index (Phi) is 7.22. The lowest BCUT2D eigenvalue weighted by Crippen LogP contribution is -2.39. The van der Waals surface area contributed by atoms with Crippen LogP contribution >= 0.6 is 23.2 Å². The second-order valence-electron chi connectivity index (χ2n) is 4.28. The van der Waals surface area contributed by atoms with Gasteiger partial charge < -0.3 is 5.11 Å². The Bertz CT molecular complexity index is 538. The molecule has 1 aromatic carbocycles. The zero-order chi connectivity index (χ0) is 15.2. The van der Waals surface area contributed by atoms with E-state index in [9.17, 15) is 8.42 Å². The van der Waals surface area contributed by atoms with E-state index >= 15 is 0 Å². The molecule has 0 spiro atoms. The fourth-order valence-corrected chi connectivity index (χ4v) is 3.02. The molecule has 0 aliphatic carbocycles. The van der Waals surface area contributed by atoms with Gasteiger partial charge in [-0.3, -0.25) is 0 Å². The molecule has 2 N–H and O–H groups in total. The standard InChI is InChI=1S/C12H18Cl2N2O3S/c1-16(7-2-8-17)20(18,19)15-6-5-10-3-4-11(13)9-12(10)14/h3-4,9,15,17H,2,5-8H2,1H3. The smallest absolute Gasteiger partial charge is 0.279 e. The maximum atomic E-state index is 11.8. The van der Waals surface area contributed by atoms with Crippen LogP contribution < -0.4 is 4.72 Å². The van der Waals surface area contributed by atoms with E-state index in [4.69, 9.17) is 28.3 Å². The second kappa shape index (κ2) is 8.17. The minimum Gasteiger partial charge on any atom is -0.396 e. The summed E-state index contributed by atoms with van der Waals surface area (Å²) >= 11 is 11.8. The summed E-state index contributed by atoms with van der Waals surface area (Å²) in [6, 6.07) is 5.11. The number of aliphatic hydroxyl groups excluding tert-OH is 1. The van der Waals surface area contributed by atoms with Crippen LogP contribution in [-0.2, 0) is 16.6 Å². The van der Waals surface area contributed by atoms with Gasteiger partial charge in [-0.25, -0.2) is 4.72 Å². The van der Waals surface area contributed by atoms with Crippen molar-refractivity contribution in [3.05, 3.63) is 33.8 Å². The van der Waals surface area contributed by atoms with E-state index in [1.54, 1.807) is 18.2 Å². The first-order chi connectivity index (χ1) is 9.36. The van der Waals surface area contributed by atoms with Gasteiger partial charge in [0.05, 0.1) is 0 Å². The quantitative estimate of drug-likeness (QED) is 0.756. The van der Waals surface area contributed by atoms with Gasteiger partial charge in [0.2, 0.25) is 0 Å². The van der Waals surface area contributed by atoms with Gasteiger partial charge in [0, 0.05) is 36.8 Å². The van der Waals surface area contributed by atoms with Gasteiger partial charge in [-0.1, -0.05) is 29.3 Å². The van der Waals surface area contributed by atoms with Crippen molar-refractivity contribution in [3.8, 4) is 0 Å². The molecule has 0 saturated carbocycles. The topological polar surface area (TPSA) is 69.6 Å². The number of hydrogen-bond acceptors (Lipinski definition) is 3. The summed E-state index contributed by atoms with van der Waals surface area (Å²) in [5.41, 5.74) is 0.830. The first-order valence-electron chi connectivity index (χ1n) is 6.12. The van der Waals surface area contributed by atoms with Crippen molar-refractivity contribution in [2.75, 3.05) is 26.7 Å². The average Bonchev–Trinajstić information content (AvgIpc) is 2.38. The van der Waals surface area contributed by atoms with Crippen LogP contribution in [0.15, 0.2) is 18.2 Å². The van der Waals surface area contributed by atoms with Gasteiger partial charge in [0.1, 0.15) is 0 Å². The van der Waals surface area contributed by atoms with Crippen LogP contribution in [0.25, 0.3) is 0 Å². The van der Waals surface area contributed by atoms with Gasteiger partial charge in [0.15, 0.2) is 0 Å². The fraction of sp³-hybridized carbons (Fsp3) is 0.500. The molecule has 0 fully saturated rings. The molecule has 0 aliphatic rings. The number of aliphatic hydroxyl groups is 1. The summed E-state index contributed by atoms with van der Waals surface area (Å²) in [4.78, 5) is 0. The molecule has 1 rings (SSSR count). The van der Waals surface area contributed by atoms with E-state index in [2.05, 4.69) is 4.72 Å². The monoisotopic (exact) mass is 340 g/mol. The number of nitrogens with zero attached hydrogens (tertiary/aromatic N) is 1. The molecule has 0 amide bonds. The summed E-state index contributed by atoms with van der Waals surface area (Å²) in [6.07, 6.45) is 0.878. The molecule has 0 unspecified atom stereocenters. The Balaban J connectivity index is 2.50. The van der Waals surface area contributed by atoms with Crippen LogP contribution in [0.4, 0.5) is 0 Å². The third kappa shape index (κ3) is 5.55. The van der Waals surface area contributed by atoms with Crippen LogP contribution in [0.1, 0.15) is 12.0 Å². The highest BCUT2D eigenvalue weighted by Crippen LogP contribution is 2.21. The van der Waals surface area contributed by atoms with E-state index in [1.165, 1.54) is 11.4 Å². The third-order valence-corrected chi connectivity index (χ3v) is 4.89. The van der Waals surface area contributed by atoms with Crippen molar-refractivity contribution in [3.63, 3.8) is 0 Å². The van der Waals surface area contributed by atoms with Crippen molar-refractivity contribution in [1.29, 1.82) is 0 Å². The first-order valence-corrected chi connectivity index (χ1v) is 8.32. The maximum Gasteiger partial charge on any atom is 0.279 e. The summed E-state index contributed by atoms with van der Waals surface area (Å²) in [5, 5.41) is 9.75. The zero-order valence-electron chi connectivity index (χ0n) is 11.1. The Morgan fingerprint density at radius 3 is 2.65 bits per heavy atom. The average molecular weight is 341 g/mol. The molecule has 8 heteroatoms. The SMILES string of the molecule is CN(CCCO)S(=O)(=O)NCCc1ccc(Cl)cc1Cl. The molecular weight excluding hydrogens is 323 g/mol. The highest BCUT2D eigenvalue weighted by molar-refractivity contribution is 7.87. The van der Waals surface area contributed by atoms with Crippen LogP contribution in [0.3, 0.4) is 0 Å². The zero-order valence-corrected chi connectivity index (χ0v) is 13.5.